The van der Waals surface area contributed by atoms with Crippen LogP contribution in [0.3, 0.4) is 0 Å². The predicted molar refractivity (Wildman–Crippen MR) is 67.0 cm³/mol. The van der Waals surface area contributed by atoms with Gasteiger partial charge in [-0.2, -0.15) is 13.2 Å². The van der Waals surface area contributed by atoms with Crippen LogP contribution in [0.15, 0.2) is 24.3 Å². The van der Waals surface area contributed by atoms with Crippen molar-refractivity contribution in [3.63, 3.8) is 0 Å². The van der Waals surface area contributed by atoms with E-state index in [0.29, 0.717) is 0 Å². The standard InChI is InChI=1S/C12H13F3N2O4/c13-12(14,15)8-16(4-5-18)7-11(19)9-2-1-3-10(6-9)17(20)21/h1-3,6,18H,4-5,7-8H2. The number of nitro groups is 1. The fraction of sp³-hybridized carbons (Fsp3) is 0.417. The molecule has 9 heteroatoms. The van der Waals surface area contributed by atoms with Crippen molar-refractivity contribution in [1.82, 2.24) is 4.90 Å². The van der Waals surface area contributed by atoms with Crippen molar-refractivity contribution in [1.29, 1.82) is 0 Å². The van der Waals surface area contributed by atoms with E-state index in [1.807, 2.05) is 0 Å². The summed E-state index contributed by atoms with van der Waals surface area (Å²) in [5.41, 5.74) is -0.361. The summed E-state index contributed by atoms with van der Waals surface area (Å²) in [6, 6.07) is 4.76. The molecule has 0 saturated carbocycles. The van der Waals surface area contributed by atoms with Crippen molar-refractivity contribution in [2.24, 2.45) is 0 Å². The number of benzene rings is 1. The summed E-state index contributed by atoms with van der Waals surface area (Å²) in [5, 5.41) is 19.3. The van der Waals surface area contributed by atoms with Gasteiger partial charge in [0.15, 0.2) is 5.78 Å². The van der Waals surface area contributed by atoms with Crippen molar-refractivity contribution in [3.8, 4) is 0 Å². The Labute approximate surface area is 117 Å². The van der Waals surface area contributed by atoms with Gasteiger partial charge in [-0.3, -0.25) is 19.8 Å². The Hall–Kier alpha value is -2.00. The van der Waals surface area contributed by atoms with Gasteiger partial charge in [0.2, 0.25) is 0 Å². The maximum absolute atomic E-state index is 12.3. The van der Waals surface area contributed by atoms with Gasteiger partial charge in [0.05, 0.1) is 24.6 Å². The molecule has 0 heterocycles. The fourth-order valence-electron chi connectivity index (χ4n) is 1.70. The van der Waals surface area contributed by atoms with Crippen LogP contribution in [0.5, 0.6) is 0 Å². The third-order valence-corrected chi connectivity index (χ3v) is 2.57. The summed E-state index contributed by atoms with van der Waals surface area (Å²) in [4.78, 5) is 22.5. The number of rotatable bonds is 7. The number of non-ortho nitro benzene ring substituents is 1. The molecule has 0 spiro atoms. The van der Waals surface area contributed by atoms with E-state index in [4.69, 9.17) is 5.11 Å². The summed E-state index contributed by atoms with van der Waals surface area (Å²) >= 11 is 0. The molecule has 0 fully saturated rings. The average molecular weight is 306 g/mol. The van der Waals surface area contributed by atoms with E-state index in [0.717, 1.165) is 11.0 Å². The fourth-order valence-corrected chi connectivity index (χ4v) is 1.70. The molecular weight excluding hydrogens is 293 g/mol. The van der Waals surface area contributed by atoms with Crippen molar-refractivity contribution >= 4 is 11.5 Å². The van der Waals surface area contributed by atoms with Crippen molar-refractivity contribution in [2.75, 3.05) is 26.2 Å². The van der Waals surface area contributed by atoms with Crippen LogP contribution in [0.25, 0.3) is 0 Å². The number of halogens is 3. The summed E-state index contributed by atoms with van der Waals surface area (Å²) in [6.45, 7) is -2.77. The lowest BCUT2D eigenvalue weighted by Crippen LogP contribution is -2.39. The van der Waals surface area contributed by atoms with Crippen LogP contribution in [0.4, 0.5) is 18.9 Å². The molecule has 1 rings (SSSR count). The second-order valence-corrected chi connectivity index (χ2v) is 4.28. The second kappa shape index (κ2) is 7.14. The lowest BCUT2D eigenvalue weighted by atomic mass is 10.1. The molecule has 116 valence electrons. The monoisotopic (exact) mass is 306 g/mol. The predicted octanol–water partition coefficient (Wildman–Crippen LogP) is 1.63. The number of hydrogen-bond acceptors (Lipinski definition) is 5. The van der Waals surface area contributed by atoms with Crippen LogP contribution >= 0.6 is 0 Å². The highest BCUT2D eigenvalue weighted by Crippen LogP contribution is 2.18. The van der Waals surface area contributed by atoms with Crippen molar-refractivity contribution in [2.45, 2.75) is 6.18 Å². The van der Waals surface area contributed by atoms with Gasteiger partial charge in [-0.05, 0) is 0 Å². The van der Waals surface area contributed by atoms with Crippen LogP contribution in [0.2, 0.25) is 0 Å². The maximum atomic E-state index is 12.3. The molecule has 0 aliphatic carbocycles. The Balaban J connectivity index is 2.81. The van der Waals surface area contributed by atoms with Gasteiger partial charge < -0.3 is 5.11 Å². The molecule has 1 N–H and O–H groups in total. The summed E-state index contributed by atoms with van der Waals surface area (Å²) in [5.74, 6) is -0.684. The van der Waals surface area contributed by atoms with Gasteiger partial charge in [0, 0.05) is 24.2 Å². The minimum atomic E-state index is -4.50. The number of nitrogens with zero attached hydrogens (tertiary/aromatic N) is 2. The topological polar surface area (TPSA) is 83.7 Å². The molecule has 21 heavy (non-hydrogen) atoms. The molecular formula is C12H13F3N2O4. The molecule has 0 amide bonds. The molecule has 0 bridgehead atoms. The molecule has 0 aliphatic heterocycles. The summed E-state index contributed by atoms with van der Waals surface area (Å²) < 4.78 is 37.0. The lowest BCUT2D eigenvalue weighted by molar-refractivity contribution is -0.384. The number of nitro benzene ring substituents is 1. The van der Waals surface area contributed by atoms with E-state index in [2.05, 4.69) is 0 Å². The third-order valence-electron chi connectivity index (χ3n) is 2.57. The van der Waals surface area contributed by atoms with Crippen LogP contribution in [-0.2, 0) is 0 Å². The molecule has 1 aromatic rings. The number of aliphatic hydroxyl groups is 1. The van der Waals surface area contributed by atoms with Crippen molar-refractivity contribution < 1.29 is 28.0 Å². The zero-order chi connectivity index (χ0) is 16.0. The molecule has 0 atom stereocenters. The Morgan fingerprint density at radius 3 is 2.57 bits per heavy atom. The summed E-state index contributed by atoms with van der Waals surface area (Å²) in [7, 11) is 0. The van der Waals surface area contributed by atoms with Gasteiger partial charge in [-0.15, -0.1) is 0 Å². The first-order valence-electron chi connectivity index (χ1n) is 5.90. The number of ketones is 1. The van der Waals surface area contributed by atoms with Gasteiger partial charge in [0.25, 0.3) is 5.69 Å². The van der Waals surface area contributed by atoms with Crippen LogP contribution in [0.1, 0.15) is 10.4 Å². The number of hydrogen-bond donors (Lipinski definition) is 1. The molecule has 0 saturated heterocycles. The molecule has 0 aliphatic rings. The first-order valence-corrected chi connectivity index (χ1v) is 5.90. The molecule has 0 aromatic heterocycles. The number of carbonyl (C=O) groups excluding carboxylic acids is 1. The maximum Gasteiger partial charge on any atom is 0.401 e. The SMILES string of the molecule is O=C(CN(CCO)CC(F)(F)F)c1cccc([N+](=O)[O-])c1. The molecule has 0 unspecified atom stereocenters. The van der Waals surface area contributed by atoms with Gasteiger partial charge in [0.1, 0.15) is 0 Å². The highest BCUT2D eigenvalue weighted by Gasteiger charge is 2.31. The third kappa shape index (κ3) is 5.88. The van der Waals surface area contributed by atoms with Crippen LogP contribution in [0, 0.1) is 10.1 Å². The van der Waals surface area contributed by atoms with E-state index in [1.54, 1.807) is 0 Å². The largest absolute Gasteiger partial charge is 0.401 e. The van der Waals surface area contributed by atoms with Crippen molar-refractivity contribution in [3.05, 3.63) is 39.9 Å². The Morgan fingerprint density at radius 1 is 1.38 bits per heavy atom. The average Bonchev–Trinajstić information content (AvgIpc) is 2.37. The van der Waals surface area contributed by atoms with Gasteiger partial charge >= 0.3 is 6.18 Å². The Morgan fingerprint density at radius 2 is 2.05 bits per heavy atom. The Kier molecular flexibility index (Phi) is 5.79. The van der Waals surface area contributed by atoms with Gasteiger partial charge in [-0.1, -0.05) is 12.1 Å². The molecule has 0 radical (unpaired) electrons. The van der Waals surface area contributed by atoms with Crippen LogP contribution < -0.4 is 0 Å². The quantitative estimate of drug-likeness (QED) is 0.470. The van der Waals surface area contributed by atoms with E-state index >= 15 is 0 Å². The number of aliphatic hydroxyl groups excluding tert-OH is 1. The minimum absolute atomic E-state index is 0.0469. The smallest absolute Gasteiger partial charge is 0.395 e. The first-order chi connectivity index (χ1) is 9.73. The highest BCUT2D eigenvalue weighted by atomic mass is 19.4. The van der Waals surface area contributed by atoms with E-state index in [9.17, 15) is 28.1 Å². The number of alkyl halides is 3. The van der Waals surface area contributed by atoms with Crippen LogP contribution in [-0.4, -0.2) is 53.1 Å². The van der Waals surface area contributed by atoms with E-state index < -0.39 is 36.6 Å². The normalized spacial score (nSPS) is 11.7. The van der Waals surface area contributed by atoms with E-state index in [1.165, 1.54) is 18.2 Å². The zero-order valence-corrected chi connectivity index (χ0v) is 10.8. The zero-order valence-electron chi connectivity index (χ0n) is 10.8. The highest BCUT2D eigenvalue weighted by molar-refractivity contribution is 5.98. The Bertz CT molecular complexity index is 519. The first kappa shape index (κ1) is 17.1. The summed E-state index contributed by atoms with van der Waals surface area (Å²) in [6.07, 6.45) is -4.50. The lowest BCUT2D eigenvalue weighted by Gasteiger charge is -2.21. The van der Waals surface area contributed by atoms with Gasteiger partial charge in [-0.25, -0.2) is 0 Å². The van der Waals surface area contributed by atoms with E-state index in [-0.39, 0.29) is 17.8 Å². The number of Topliss-reactive ketones (excluding diaryl/α,β-unsaturated/α-hetero) is 1. The number of carbonyl (C=O) groups is 1. The molecule has 6 nitrogen and oxygen atoms in total. The minimum Gasteiger partial charge on any atom is -0.395 e. The molecule has 1 aromatic carbocycles. The second-order valence-electron chi connectivity index (χ2n) is 4.28.